The van der Waals surface area contributed by atoms with Crippen LogP contribution < -0.4 is 10.4 Å². The molecule has 23 heavy (non-hydrogen) atoms. The fourth-order valence-electron chi connectivity index (χ4n) is 2.21. The first-order valence-electron chi connectivity index (χ1n) is 7.14. The highest BCUT2D eigenvalue weighted by Crippen LogP contribution is 2.50. The van der Waals surface area contributed by atoms with Gasteiger partial charge in [0, 0.05) is 12.4 Å². The molecule has 1 unspecified atom stereocenters. The molecule has 0 saturated heterocycles. The van der Waals surface area contributed by atoms with Crippen LogP contribution in [0.4, 0.5) is 5.69 Å². The quantitative estimate of drug-likeness (QED) is 0.482. The van der Waals surface area contributed by atoms with Crippen LogP contribution in [0.5, 0.6) is 0 Å². The van der Waals surface area contributed by atoms with E-state index >= 15 is 0 Å². The van der Waals surface area contributed by atoms with Crippen molar-refractivity contribution in [1.82, 2.24) is 10.3 Å². The maximum absolute atomic E-state index is 12.5. The molecule has 2 rings (SSSR count). The van der Waals surface area contributed by atoms with Gasteiger partial charge >= 0.3 is 0 Å². The fourth-order valence-corrected chi connectivity index (χ4v) is 3.61. The third kappa shape index (κ3) is 4.73. The van der Waals surface area contributed by atoms with Crippen LogP contribution in [0.2, 0.25) is 0 Å². The summed E-state index contributed by atoms with van der Waals surface area (Å²) in [5.74, 6) is -1.03. The van der Waals surface area contributed by atoms with Crippen LogP contribution >= 0.6 is 7.14 Å². The summed E-state index contributed by atoms with van der Waals surface area (Å²) in [7, 11) is -2.56. The van der Waals surface area contributed by atoms with E-state index in [0.29, 0.717) is 10.8 Å². The Labute approximate surface area is 135 Å². The number of hydroxylamine groups is 1. The van der Waals surface area contributed by atoms with E-state index in [1.165, 1.54) is 0 Å². The molecule has 0 aliphatic carbocycles. The van der Waals surface area contributed by atoms with Crippen LogP contribution in [-0.2, 0) is 9.36 Å². The van der Waals surface area contributed by atoms with E-state index in [2.05, 4.69) is 10.3 Å². The van der Waals surface area contributed by atoms with Crippen LogP contribution in [-0.4, -0.2) is 36.0 Å². The molecule has 1 aromatic carbocycles. The number of rotatable bonds is 6. The Hall–Kier alpha value is -2.01. The molecule has 1 amide bonds. The average molecular weight is 333 g/mol. The maximum atomic E-state index is 12.5. The number of benzene rings is 1. The predicted octanol–water partition coefficient (Wildman–Crippen LogP) is 2.71. The largest absolute Gasteiger partial charge is 0.322 e. The number of carbonyl (C=O) groups excluding carboxylic acids is 1. The molecule has 2 N–H and O–H groups in total. The normalized spacial score (nSPS) is 12.7. The lowest BCUT2D eigenvalue weighted by Crippen LogP contribution is -2.37. The lowest BCUT2D eigenvalue weighted by atomic mass is 10.3. The van der Waals surface area contributed by atoms with Gasteiger partial charge in [-0.25, -0.2) is 0 Å². The number of hydrogen-bond donors (Lipinski definition) is 2. The molecular weight excluding hydrogens is 313 g/mol. The van der Waals surface area contributed by atoms with E-state index in [4.69, 9.17) is 0 Å². The van der Waals surface area contributed by atoms with Gasteiger partial charge in [-0.05, 0) is 37.1 Å². The van der Waals surface area contributed by atoms with Crippen LogP contribution in [0.1, 0.15) is 11.3 Å². The minimum absolute atomic E-state index is 0.142. The molecule has 0 aliphatic rings. The van der Waals surface area contributed by atoms with E-state index in [1.807, 2.05) is 6.07 Å². The number of pyridine rings is 1. The minimum Gasteiger partial charge on any atom is -0.322 e. The van der Waals surface area contributed by atoms with Crippen LogP contribution in [0.15, 0.2) is 54.9 Å². The number of aromatic nitrogens is 1. The van der Waals surface area contributed by atoms with E-state index < -0.39 is 18.8 Å². The molecule has 6 nitrogen and oxygen atoms in total. The first-order chi connectivity index (χ1) is 10.9. The van der Waals surface area contributed by atoms with Gasteiger partial charge in [0.05, 0.1) is 18.0 Å². The highest BCUT2D eigenvalue weighted by molar-refractivity contribution is 7.62. The van der Waals surface area contributed by atoms with Gasteiger partial charge in [-0.15, -0.1) is 0 Å². The van der Waals surface area contributed by atoms with Gasteiger partial charge in [-0.2, -0.15) is 5.06 Å². The van der Waals surface area contributed by atoms with Crippen molar-refractivity contribution in [2.45, 2.75) is 5.78 Å². The standard InChI is InChI=1S/C16H20N3O3P/c1-23(2,22)16(13-7-6-10-17-11-13)18-12-15(20)19(21)14-8-4-3-5-9-14/h3-11,16,18,21H,12H2,1-2H3. The molecule has 0 aliphatic heterocycles. The molecule has 1 atom stereocenters. The van der Waals surface area contributed by atoms with E-state index in [-0.39, 0.29) is 6.54 Å². The van der Waals surface area contributed by atoms with Crippen LogP contribution in [0.3, 0.4) is 0 Å². The number of para-hydroxylation sites is 1. The Morgan fingerprint density at radius 1 is 1.26 bits per heavy atom. The van der Waals surface area contributed by atoms with E-state index in [9.17, 15) is 14.6 Å². The van der Waals surface area contributed by atoms with Gasteiger partial charge in [-0.1, -0.05) is 24.3 Å². The lowest BCUT2D eigenvalue weighted by Gasteiger charge is -2.24. The number of carbonyl (C=O) groups is 1. The zero-order valence-corrected chi connectivity index (χ0v) is 14.0. The number of nitrogens with one attached hydrogen (secondary N) is 1. The highest BCUT2D eigenvalue weighted by Gasteiger charge is 2.26. The van der Waals surface area contributed by atoms with Crippen molar-refractivity contribution in [3.05, 3.63) is 60.4 Å². The predicted molar refractivity (Wildman–Crippen MR) is 90.1 cm³/mol. The van der Waals surface area contributed by atoms with E-state index in [1.54, 1.807) is 62.1 Å². The number of hydrogen-bond acceptors (Lipinski definition) is 5. The smallest absolute Gasteiger partial charge is 0.264 e. The zero-order chi connectivity index (χ0) is 16.9. The minimum atomic E-state index is -2.56. The molecule has 1 heterocycles. The number of anilines is 1. The molecule has 1 aromatic heterocycles. The van der Waals surface area contributed by atoms with Crippen molar-refractivity contribution >= 4 is 18.7 Å². The third-order valence-electron chi connectivity index (χ3n) is 3.31. The first kappa shape index (κ1) is 17.3. The van der Waals surface area contributed by atoms with Crippen LogP contribution in [0.25, 0.3) is 0 Å². The van der Waals surface area contributed by atoms with Gasteiger partial charge < -0.3 is 4.57 Å². The Kier molecular flexibility index (Phi) is 5.66. The van der Waals surface area contributed by atoms with Gasteiger partial charge in [0.1, 0.15) is 7.14 Å². The second-order valence-electron chi connectivity index (χ2n) is 5.55. The Morgan fingerprint density at radius 2 is 1.96 bits per heavy atom. The molecular formula is C16H20N3O3P. The Balaban J connectivity index is 2.07. The number of nitrogens with zero attached hydrogens (tertiary/aromatic N) is 2. The summed E-state index contributed by atoms with van der Waals surface area (Å²) < 4.78 is 12.5. The Morgan fingerprint density at radius 3 is 2.52 bits per heavy atom. The summed E-state index contributed by atoms with van der Waals surface area (Å²) in [4.78, 5) is 16.1. The van der Waals surface area contributed by atoms with Gasteiger partial charge in [-0.3, -0.25) is 20.3 Å². The maximum Gasteiger partial charge on any atom is 0.264 e. The summed E-state index contributed by atoms with van der Waals surface area (Å²) in [5, 5.41) is 13.5. The summed E-state index contributed by atoms with van der Waals surface area (Å²) in [6.45, 7) is 3.16. The SMILES string of the molecule is CP(C)(=O)C(NCC(=O)N(O)c1ccccc1)c1cccnc1. The summed E-state index contributed by atoms with van der Waals surface area (Å²) in [6.07, 6.45) is 3.25. The van der Waals surface area contributed by atoms with Crippen molar-refractivity contribution in [2.75, 3.05) is 24.9 Å². The molecule has 0 radical (unpaired) electrons. The monoisotopic (exact) mass is 333 g/mol. The number of amides is 1. The van der Waals surface area contributed by atoms with Crippen molar-refractivity contribution < 1.29 is 14.6 Å². The molecule has 122 valence electrons. The topological polar surface area (TPSA) is 82.5 Å². The zero-order valence-electron chi connectivity index (χ0n) is 13.1. The van der Waals surface area contributed by atoms with Crippen molar-refractivity contribution in [3.8, 4) is 0 Å². The summed E-state index contributed by atoms with van der Waals surface area (Å²) in [5.41, 5.74) is 1.13. The van der Waals surface area contributed by atoms with Crippen molar-refractivity contribution in [1.29, 1.82) is 0 Å². The molecule has 2 aromatic rings. The highest BCUT2D eigenvalue weighted by atomic mass is 31.2. The second kappa shape index (κ2) is 7.51. The third-order valence-corrected chi connectivity index (χ3v) is 5.03. The molecule has 0 saturated carbocycles. The van der Waals surface area contributed by atoms with E-state index in [0.717, 1.165) is 5.56 Å². The molecule has 0 bridgehead atoms. The first-order valence-corrected chi connectivity index (χ1v) is 9.81. The van der Waals surface area contributed by atoms with Gasteiger partial charge in [0.25, 0.3) is 5.91 Å². The second-order valence-corrected chi connectivity index (χ2v) is 8.93. The van der Waals surface area contributed by atoms with Crippen molar-refractivity contribution in [3.63, 3.8) is 0 Å². The average Bonchev–Trinajstić information content (AvgIpc) is 2.54. The molecule has 0 spiro atoms. The molecule has 0 fully saturated rings. The van der Waals surface area contributed by atoms with Gasteiger partial charge in [0.15, 0.2) is 0 Å². The lowest BCUT2D eigenvalue weighted by molar-refractivity contribution is -0.122. The summed E-state index contributed by atoms with van der Waals surface area (Å²) >= 11 is 0. The van der Waals surface area contributed by atoms with Crippen molar-refractivity contribution in [2.24, 2.45) is 0 Å². The van der Waals surface area contributed by atoms with Gasteiger partial charge in [0.2, 0.25) is 0 Å². The fraction of sp³-hybridized carbons (Fsp3) is 0.250. The summed E-state index contributed by atoms with van der Waals surface area (Å²) in [6, 6.07) is 12.1. The molecule has 7 heteroatoms. The Bertz CT molecular complexity index is 688. The van der Waals surface area contributed by atoms with Crippen LogP contribution in [0, 0.1) is 0 Å².